The smallest absolute Gasteiger partial charge is 0.225 e. The van der Waals surface area contributed by atoms with Crippen molar-refractivity contribution >= 4 is 39.6 Å². The van der Waals surface area contributed by atoms with Crippen molar-refractivity contribution in [3.63, 3.8) is 0 Å². The molecule has 3 aromatic heterocycles. The predicted octanol–water partition coefficient (Wildman–Crippen LogP) is 5.55. The maximum Gasteiger partial charge on any atom is 0.225 e. The van der Waals surface area contributed by atoms with E-state index in [1.807, 2.05) is 12.3 Å². The third-order valence-electron chi connectivity index (χ3n) is 7.43. The van der Waals surface area contributed by atoms with Gasteiger partial charge in [-0.05, 0) is 54.5 Å². The second kappa shape index (κ2) is 8.45. The molecule has 7 rings (SSSR count). The number of rotatable bonds is 5. The molecule has 5 aromatic rings. The third-order valence-corrected chi connectivity index (χ3v) is 7.64. The molecule has 36 heavy (non-hydrogen) atoms. The molecule has 1 N–H and O–H groups in total. The van der Waals surface area contributed by atoms with Crippen LogP contribution in [0.5, 0.6) is 0 Å². The second-order valence-corrected chi connectivity index (χ2v) is 10.4. The summed E-state index contributed by atoms with van der Waals surface area (Å²) >= 11 is 6.25. The zero-order valence-corrected chi connectivity index (χ0v) is 20.4. The number of imidazole rings is 1. The van der Waals surface area contributed by atoms with Gasteiger partial charge in [-0.25, -0.2) is 9.97 Å². The number of pyridine rings is 1. The van der Waals surface area contributed by atoms with E-state index in [1.165, 1.54) is 0 Å². The number of aromatic nitrogens is 5. The number of carbonyl (C=O) groups excluding carboxylic acids is 1. The number of hydrogen-bond donors (Lipinski definition) is 1. The van der Waals surface area contributed by atoms with Crippen molar-refractivity contribution in [3.8, 4) is 22.5 Å². The van der Waals surface area contributed by atoms with Crippen molar-refractivity contribution in [1.82, 2.24) is 29.6 Å². The van der Waals surface area contributed by atoms with Gasteiger partial charge in [-0.3, -0.25) is 9.89 Å². The second-order valence-electron chi connectivity index (χ2n) is 10.0. The molecule has 2 aliphatic rings. The molecule has 1 aliphatic heterocycles. The molecule has 1 saturated carbocycles. The largest absolute Gasteiger partial charge is 0.342 e. The fraction of sp³-hybridized carbons (Fsp3) is 0.286. The molecule has 4 heterocycles. The average molecular weight is 497 g/mol. The Labute approximate surface area is 213 Å². The van der Waals surface area contributed by atoms with Crippen LogP contribution in [0.2, 0.25) is 5.02 Å². The monoisotopic (exact) mass is 496 g/mol. The highest BCUT2D eigenvalue weighted by Gasteiger charge is 2.36. The van der Waals surface area contributed by atoms with Crippen molar-refractivity contribution in [2.24, 2.45) is 11.8 Å². The summed E-state index contributed by atoms with van der Waals surface area (Å²) in [6.07, 6.45) is 6.62. The molecule has 0 radical (unpaired) electrons. The number of fused-ring (bicyclic) bond motifs is 2. The van der Waals surface area contributed by atoms with Crippen LogP contribution in [0, 0.1) is 11.8 Å². The molecule has 8 heteroatoms. The van der Waals surface area contributed by atoms with Gasteiger partial charge in [0.1, 0.15) is 11.3 Å². The van der Waals surface area contributed by atoms with Gasteiger partial charge in [0.05, 0.1) is 16.7 Å². The van der Waals surface area contributed by atoms with Crippen LogP contribution in [0.15, 0.2) is 60.9 Å². The summed E-state index contributed by atoms with van der Waals surface area (Å²) in [5.41, 5.74) is 5.95. The van der Waals surface area contributed by atoms with Crippen LogP contribution in [-0.4, -0.2) is 48.6 Å². The first kappa shape index (κ1) is 21.6. The first-order valence-corrected chi connectivity index (χ1v) is 12.8. The zero-order chi connectivity index (χ0) is 24.2. The molecule has 2 fully saturated rings. The highest BCUT2D eigenvalue weighted by molar-refractivity contribution is 6.31. The van der Waals surface area contributed by atoms with E-state index in [0.717, 1.165) is 83.5 Å². The highest BCUT2D eigenvalue weighted by Crippen LogP contribution is 2.34. The molecule has 1 atom stereocenters. The zero-order valence-electron chi connectivity index (χ0n) is 19.7. The molecule has 0 spiro atoms. The summed E-state index contributed by atoms with van der Waals surface area (Å²) in [5, 5.41) is 8.79. The lowest BCUT2D eigenvalue weighted by atomic mass is 10.0. The fourth-order valence-electron chi connectivity index (χ4n) is 5.34. The van der Waals surface area contributed by atoms with Crippen LogP contribution in [0.4, 0.5) is 0 Å². The first-order valence-electron chi connectivity index (χ1n) is 12.5. The SMILES string of the molecule is O=C(C1CC1)N1CC[C@@H](Cn2c(-c3ccc(-c4ccc5[nH]ncc5c4)cc3)nc3cc(Cl)cnc32)C1. The molecule has 1 aliphatic carbocycles. The summed E-state index contributed by atoms with van der Waals surface area (Å²) < 4.78 is 2.20. The minimum Gasteiger partial charge on any atom is -0.342 e. The third kappa shape index (κ3) is 3.84. The lowest BCUT2D eigenvalue weighted by Gasteiger charge is -2.17. The van der Waals surface area contributed by atoms with Gasteiger partial charge in [0.25, 0.3) is 0 Å². The number of benzene rings is 2. The van der Waals surface area contributed by atoms with Crippen LogP contribution in [0.25, 0.3) is 44.6 Å². The van der Waals surface area contributed by atoms with Gasteiger partial charge in [-0.15, -0.1) is 0 Å². The lowest BCUT2D eigenvalue weighted by molar-refractivity contribution is -0.131. The van der Waals surface area contributed by atoms with Gasteiger partial charge in [-0.2, -0.15) is 5.10 Å². The molecular weight excluding hydrogens is 472 g/mol. The summed E-state index contributed by atoms with van der Waals surface area (Å²) in [6.45, 7) is 2.42. The van der Waals surface area contributed by atoms with Crippen LogP contribution in [0.3, 0.4) is 0 Å². The molecule has 180 valence electrons. The maximum atomic E-state index is 12.6. The van der Waals surface area contributed by atoms with E-state index < -0.39 is 0 Å². The van der Waals surface area contributed by atoms with E-state index in [1.54, 1.807) is 6.20 Å². The number of amides is 1. The maximum absolute atomic E-state index is 12.6. The van der Waals surface area contributed by atoms with E-state index in [9.17, 15) is 4.79 Å². The van der Waals surface area contributed by atoms with E-state index in [0.29, 0.717) is 16.8 Å². The minimum absolute atomic E-state index is 0.268. The first-order chi connectivity index (χ1) is 17.6. The van der Waals surface area contributed by atoms with Crippen LogP contribution in [-0.2, 0) is 11.3 Å². The van der Waals surface area contributed by atoms with Crippen LogP contribution < -0.4 is 0 Å². The van der Waals surface area contributed by atoms with Crippen molar-refractivity contribution in [2.45, 2.75) is 25.8 Å². The number of H-pyrrole nitrogens is 1. The predicted molar refractivity (Wildman–Crippen MR) is 140 cm³/mol. The standard InChI is InChI=1S/C28H25ClN6O/c29-23-12-25-27(30-14-23)35(16-17-9-10-34(15-17)28(36)20-5-6-20)26(32-25)19-3-1-18(2-4-19)21-7-8-24-22(11-21)13-31-33-24/h1-4,7-8,11-14,17,20H,5-6,9-10,15-16H2,(H,31,33)/t17-/m1/s1. The Morgan fingerprint density at radius 3 is 2.64 bits per heavy atom. The normalized spacial score (nSPS) is 17.9. The minimum atomic E-state index is 0.268. The lowest BCUT2D eigenvalue weighted by Crippen LogP contribution is -2.30. The Morgan fingerprint density at radius 1 is 1.00 bits per heavy atom. The van der Waals surface area contributed by atoms with E-state index in [2.05, 4.69) is 67.1 Å². The highest BCUT2D eigenvalue weighted by atomic mass is 35.5. The molecule has 0 bridgehead atoms. The Morgan fingerprint density at radius 2 is 1.81 bits per heavy atom. The average Bonchev–Trinajstić information content (AvgIpc) is 3.30. The van der Waals surface area contributed by atoms with Crippen molar-refractivity contribution in [1.29, 1.82) is 0 Å². The number of aromatic amines is 1. The molecule has 1 saturated heterocycles. The van der Waals surface area contributed by atoms with Gasteiger partial charge < -0.3 is 9.47 Å². The van der Waals surface area contributed by atoms with Crippen LogP contribution >= 0.6 is 11.6 Å². The number of nitrogens with zero attached hydrogens (tertiary/aromatic N) is 5. The summed E-state index contributed by atoms with van der Waals surface area (Å²) in [4.78, 5) is 24.2. The van der Waals surface area contributed by atoms with Gasteiger partial charge in [0, 0.05) is 42.7 Å². The quantitative estimate of drug-likeness (QED) is 0.346. The summed E-state index contributed by atoms with van der Waals surface area (Å²) in [5.74, 6) is 1.86. The molecular formula is C28H25ClN6O. The summed E-state index contributed by atoms with van der Waals surface area (Å²) in [7, 11) is 0. The summed E-state index contributed by atoms with van der Waals surface area (Å²) in [6, 6.07) is 16.7. The molecule has 1 amide bonds. The van der Waals surface area contributed by atoms with E-state index in [4.69, 9.17) is 16.6 Å². The van der Waals surface area contributed by atoms with Gasteiger partial charge in [0.2, 0.25) is 5.91 Å². The number of likely N-dealkylation sites (tertiary alicyclic amines) is 1. The number of carbonyl (C=O) groups is 1. The fourth-order valence-corrected chi connectivity index (χ4v) is 5.49. The topological polar surface area (TPSA) is 79.7 Å². The van der Waals surface area contributed by atoms with Gasteiger partial charge >= 0.3 is 0 Å². The Hall–Kier alpha value is -3.71. The molecule has 0 unspecified atom stereocenters. The Bertz CT molecular complexity index is 1600. The van der Waals surface area contributed by atoms with Crippen LogP contribution in [0.1, 0.15) is 19.3 Å². The Balaban J connectivity index is 1.21. The molecule has 7 nitrogen and oxygen atoms in total. The van der Waals surface area contributed by atoms with Gasteiger partial charge in [-0.1, -0.05) is 41.9 Å². The Kier molecular flexibility index (Phi) is 5.06. The van der Waals surface area contributed by atoms with E-state index in [-0.39, 0.29) is 5.92 Å². The van der Waals surface area contributed by atoms with Gasteiger partial charge in [0.15, 0.2) is 5.65 Å². The molecule has 2 aromatic carbocycles. The van der Waals surface area contributed by atoms with Crippen molar-refractivity contribution in [2.75, 3.05) is 13.1 Å². The number of nitrogens with one attached hydrogen (secondary N) is 1. The number of halogens is 1. The van der Waals surface area contributed by atoms with E-state index >= 15 is 0 Å². The number of hydrogen-bond acceptors (Lipinski definition) is 4. The van der Waals surface area contributed by atoms with Crippen molar-refractivity contribution in [3.05, 3.63) is 65.9 Å². The van der Waals surface area contributed by atoms with Crippen molar-refractivity contribution < 1.29 is 4.79 Å².